The van der Waals surface area contributed by atoms with Gasteiger partial charge in [-0.25, -0.2) is 14.0 Å². The lowest BCUT2D eigenvalue weighted by Crippen LogP contribution is -2.09. The number of allylic oxidation sites excluding steroid dienone is 1. The number of nitrogens with zero attached hydrogens (tertiary/aromatic N) is 1. The molecule has 0 saturated carbocycles. The Balaban J connectivity index is 1.82. The Kier molecular flexibility index (Phi) is 9.26. The highest BCUT2D eigenvalue weighted by atomic mass is 19.1. The summed E-state index contributed by atoms with van der Waals surface area (Å²) in [6.07, 6.45) is 9.89. The maximum absolute atomic E-state index is 13.6. The van der Waals surface area contributed by atoms with E-state index in [-0.39, 0.29) is 16.9 Å². The van der Waals surface area contributed by atoms with Gasteiger partial charge in [-0.15, -0.1) is 0 Å². The molecule has 2 aromatic carbocycles. The van der Waals surface area contributed by atoms with Crippen LogP contribution in [0.15, 0.2) is 54.6 Å². The van der Waals surface area contributed by atoms with Crippen molar-refractivity contribution in [3.8, 4) is 17.6 Å². The largest absolute Gasteiger partial charge is 0.423 e. The molecule has 30 heavy (non-hydrogen) atoms. The molecule has 0 aliphatic heterocycles. The van der Waals surface area contributed by atoms with Gasteiger partial charge in [0.05, 0.1) is 11.1 Å². The molecule has 0 N–H and O–H groups in total. The minimum Gasteiger partial charge on any atom is -0.423 e. The van der Waals surface area contributed by atoms with Gasteiger partial charge in [0, 0.05) is 12.1 Å². The Bertz CT molecular complexity index is 929. The van der Waals surface area contributed by atoms with E-state index in [0.29, 0.717) is 5.75 Å². The van der Waals surface area contributed by atoms with Crippen molar-refractivity contribution in [3.05, 3.63) is 71.6 Å². The lowest BCUT2D eigenvalue weighted by molar-refractivity contribution is -0.129. The van der Waals surface area contributed by atoms with Crippen molar-refractivity contribution < 1.29 is 23.5 Å². The van der Waals surface area contributed by atoms with Crippen LogP contribution in [0, 0.1) is 17.1 Å². The Hall–Kier alpha value is -3.46. The number of hydrogen-bond donors (Lipinski definition) is 0. The van der Waals surface area contributed by atoms with Crippen molar-refractivity contribution in [2.24, 2.45) is 0 Å². The van der Waals surface area contributed by atoms with Crippen LogP contribution in [0.3, 0.4) is 0 Å². The second-order valence-corrected chi connectivity index (χ2v) is 6.69. The fourth-order valence-corrected chi connectivity index (χ4v) is 2.67. The van der Waals surface area contributed by atoms with Crippen LogP contribution in [0.1, 0.15) is 61.4 Å². The lowest BCUT2D eigenvalue weighted by atomic mass is 10.1. The zero-order valence-electron chi connectivity index (χ0n) is 16.9. The Labute approximate surface area is 175 Å². The van der Waals surface area contributed by atoms with E-state index in [1.807, 2.05) is 0 Å². The van der Waals surface area contributed by atoms with E-state index in [4.69, 9.17) is 14.7 Å². The molecule has 156 valence electrons. The van der Waals surface area contributed by atoms with Crippen LogP contribution in [-0.2, 0) is 4.79 Å². The van der Waals surface area contributed by atoms with Gasteiger partial charge in [-0.3, -0.25) is 0 Å². The summed E-state index contributed by atoms with van der Waals surface area (Å²) in [5.41, 5.74) is 0.0775. The van der Waals surface area contributed by atoms with Gasteiger partial charge >= 0.3 is 11.9 Å². The molecule has 2 rings (SSSR count). The first-order chi connectivity index (χ1) is 14.5. The molecule has 0 amide bonds. The minimum absolute atomic E-state index is 0.00756. The predicted molar refractivity (Wildman–Crippen MR) is 111 cm³/mol. The number of nitriles is 1. The topological polar surface area (TPSA) is 76.4 Å². The van der Waals surface area contributed by atoms with Gasteiger partial charge < -0.3 is 9.47 Å². The quantitative estimate of drug-likeness (QED) is 0.216. The molecule has 0 aliphatic rings. The van der Waals surface area contributed by atoms with Gasteiger partial charge in [0.2, 0.25) is 0 Å². The number of ether oxygens (including phenoxy) is 2. The zero-order valence-corrected chi connectivity index (χ0v) is 16.9. The van der Waals surface area contributed by atoms with E-state index in [9.17, 15) is 14.0 Å². The summed E-state index contributed by atoms with van der Waals surface area (Å²) in [7, 11) is 0. The smallest absolute Gasteiger partial charge is 0.343 e. The first kappa shape index (κ1) is 22.8. The number of hydrogen-bond acceptors (Lipinski definition) is 5. The normalized spacial score (nSPS) is 10.6. The summed E-state index contributed by atoms with van der Waals surface area (Å²) in [6.45, 7) is 2.17. The molecule has 2 aromatic rings. The molecule has 5 nitrogen and oxygen atoms in total. The standard InChI is InChI=1S/C24H24FNO4/c1-2-3-4-5-6-7-8-9-23(27)29-20-13-10-18(11-14-20)24(28)30-21-15-12-19(17-26)22(25)16-21/h8-16H,2-7H2,1H3. The van der Waals surface area contributed by atoms with Crippen molar-refractivity contribution in [1.29, 1.82) is 5.26 Å². The molecule has 0 aliphatic carbocycles. The van der Waals surface area contributed by atoms with Crippen molar-refractivity contribution in [1.82, 2.24) is 0 Å². The summed E-state index contributed by atoms with van der Waals surface area (Å²) in [6, 6.07) is 11.1. The van der Waals surface area contributed by atoms with E-state index >= 15 is 0 Å². The summed E-state index contributed by atoms with van der Waals surface area (Å²) in [5.74, 6) is -1.65. The van der Waals surface area contributed by atoms with Gasteiger partial charge in [0.15, 0.2) is 0 Å². The summed E-state index contributed by atoms with van der Waals surface area (Å²) >= 11 is 0. The predicted octanol–water partition coefficient (Wildman–Crippen LogP) is 5.74. The van der Waals surface area contributed by atoms with Gasteiger partial charge in [0.25, 0.3) is 0 Å². The first-order valence-electron chi connectivity index (χ1n) is 9.93. The molecule has 0 bridgehead atoms. The lowest BCUT2D eigenvalue weighted by Gasteiger charge is -2.06. The average Bonchev–Trinajstić information content (AvgIpc) is 2.73. The molecule has 0 radical (unpaired) electrons. The Morgan fingerprint density at radius 3 is 2.37 bits per heavy atom. The summed E-state index contributed by atoms with van der Waals surface area (Å²) in [4.78, 5) is 24.0. The van der Waals surface area contributed by atoms with E-state index < -0.39 is 17.8 Å². The maximum atomic E-state index is 13.6. The zero-order chi connectivity index (χ0) is 21.8. The third-order valence-corrected chi connectivity index (χ3v) is 4.31. The number of halogens is 1. The van der Waals surface area contributed by atoms with Gasteiger partial charge in [-0.05, 0) is 49.2 Å². The third kappa shape index (κ3) is 7.51. The summed E-state index contributed by atoms with van der Waals surface area (Å²) in [5, 5.41) is 8.72. The fraction of sp³-hybridized carbons (Fsp3) is 0.292. The highest BCUT2D eigenvalue weighted by Gasteiger charge is 2.11. The number of carbonyl (C=O) groups is 2. The molecule has 0 unspecified atom stereocenters. The number of carbonyl (C=O) groups excluding carboxylic acids is 2. The molecule has 0 fully saturated rings. The highest BCUT2D eigenvalue weighted by molar-refractivity contribution is 5.91. The number of unbranched alkanes of at least 4 members (excludes halogenated alkanes) is 5. The number of benzene rings is 2. The van der Waals surface area contributed by atoms with Crippen LogP contribution in [0.25, 0.3) is 0 Å². The summed E-state index contributed by atoms with van der Waals surface area (Å²) < 4.78 is 23.9. The van der Waals surface area contributed by atoms with E-state index in [1.54, 1.807) is 12.1 Å². The van der Waals surface area contributed by atoms with Crippen molar-refractivity contribution in [3.63, 3.8) is 0 Å². The fourth-order valence-electron chi connectivity index (χ4n) is 2.67. The molecule has 0 atom stereocenters. The third-order valence-electron chi connectivity index (χ3n) is 4.31. The van der Waals surface area contributed by atoms with Crippen LogP contribution < -0.4 is 9.47 Å². The highest BCUT2D eigenvalue weighted by Crippen LogP contribution is 2.19. The molecule has 0 spiro atoms. The monoisotopic (exact) mass is 409 g/mol. The van der Waals surface area contributed by atoms with E-state index in [1.165, 1.54) is 61.7 Å². The molecular formula is C24H24FNO4. The van der Waals surface area contributed by atoms with E-state index in [2.05, 4.69) is 6.92 Å². The SMILES string of the molecule is CCCCCCCC=CC(=O)Oc1ccc(C(=O)Oc2ccc(C#N)c(F)c2)cc1. The molecule has 0 heterocycles. The van der Waals surface area contributed by atoms with Crippen molar-refractivity contribution in [2.75, 3.05) is 0 Å². The van der Waals surface area contributed by atoms with Gasteiger partial charge in [-0.2, -0.15) is 5.26 Å². The second-order valence-electron chi connectivity index (χ2n) is 6.69. The maximum Gasteiger partial charge on any atom is 0.343 e. The first-order valence-corrected chi connectivity index (χ1v) is 9.93. The van der Waals surface area contributed by atoms with Crippen LogP contribution in [-0.4, -0.2) is 11.9 Å². The number of rotatable bonds is 10. The Morgan fingerprint density at radius 1 is 1.00 bits per heavy atom. The van der Waals surface area contributed by atoms with E-state index in [0.717, 1.165) is 25.3 Å². The molecule has 0 saturated heterocycles. The minimum atomic E-state index is -0.765. The second kappa shape index (κ2) is 12.2. The van der Waals surface area contributed by atoms with Gasteiger partial charge in [-0.1, -0.05) is 38.7 Å². The average molecular weight is 409 g/mol. The molecular weight excluding hydrogens is 385 g/mol. The van der Waals surface area contributed by atoms with Crippen molar-refractivity contribution >= 4 is 11.9 Å². The van der Waals surface area contributed by atoms with Gasteiger partial charge in [0.1, 0.15) is 23.4 Å². The molecule has 0 aromatic heterocycles. The Morgan fingerprint density at radius 2 is 1.70 bits per heavy atom. The molecule has 6 heteroatoms. The van der Waals surface area contributed by atoms with Crippen LogP contribution in [0.5, 0.6) is 11.5 Å². The van der Waals surface area contributed by atoms with Crippen LogP contribution in [0.4, 0.5) is 4.39 Å². The number of esters is 2. The van der Waals surface area contributed by atoms with Crippen LogP contribution in [0.2, 0.25) is 0 Å². The van der Waals surface area contributed by atoms with Crippen LogP contribution >= 0.6 is 0 Å². The van der Waals surface area contributed by atoms with Crippen molar-refractivity contribution in [2.45, 2.75) is 45.4 Å².